The van der Waals surface area contributed by atoms with E-state index < -0.39 is 0 Å². The van der Waals surface area contributed by atoms with Gasteiger partial charge in [-0.05, 0) is 63.1 Å². The molecule has 1 aliphatic carbocycles. The van der Waals surface area contributed by atoms with Gasteiger partial charge in [0, 0.05) is 44.5 Å². The molecule has 0 bridgehead atoms. The van der Waals surface area contributed by atoms with Crippen molar-refractivity contribution in [3.05, 3.63) is 45.9 Å². The van der Waals surface area contributed by atoms with Crippen LogP contribution in [0.4, 0.5) is 0 Å². The predicted molar refractivity (Wildman–Crippen MR) is 101 cm³/mol. The fourth-order valence-corrected chi connectivity index (χ4v) is 4.27. The molecule has 0 amide bonds. The van der Waals surface area contributed by atoms with Crippen molar-refractivity contribution in [3.8, 4) is 0 Å². The predicted octanol–water partition coefficient (Wildman–Crippen LogP) is 1.81. The summed E-state index contributed by atoms with van der Waals surface area (Å²) in [4.78, 5) is 19.1. The van der Waals surface area contributed by atoms with Crippen molar-refractivity contribution in [3.63, 3.8) is 0 Å². The Labute approximate surface area is 154 Å². The first kappa shape index (κ1) is 17.5. The zero-order chi connectivity index (χ0) is 17.9. The Hall–Kier alpha value is -1.95. The molecule has 0 aromatic carbocycles. The fraction of sp³-hybridized carbons (Fsp3) is 0.650. The van der Waals surface area contributed by atoms with E-state index in [2.05, 4.69) is 26.6 Å². The van der Waals surface area contributed by atoms with Crippen LogP contribution in [-0.4, -0.2) is 43.9 Å². The summed E-state index contributed by atoms with van der Waals surface area (Å²) in [5, 5.41) is 4.69. The van der Waals surface area contributed by atoms with Crippen molar-refractivity contribution in [1.29, 1.82) is 0 Å². The van der Waals surface area contributed by atoms with Crippen LogP contribution < -0.4 is 5.56 Å². The average Bonchev–Trinajstić information content (AvgIpc) is 3.07. The van der Waals surface area contributed by atoms with Gasteiger partial charge in [-0.15, -0.1) is 0 Å². The van der Waals surface area contributed by atoms with Crippen molar-refractivity contribution >= 4 is 0 Å². The maximum absolute atomic E-state index is 12.4. The minimum atomic E-state index is 0.0873. The molecule has 140 valence electrons. The van der Waals surface area contributed by atoms with Crippen LogP contribution in [-0.2, 0) is 32.9 Å². The summed E-state index contributed by atoms with van der Waals surface area (Å²) in [5.41, 5.74) is 3.72. The first-order valence-corrected chi connectivity index (χ1v) is 9.96. The van der Waals surface area contributed by atoms with Crippen LogP contribution in [0.15, 0.2) is 23.4 Å². The van der Waals surface area contributed by atoms with Gasteiger partial charge in [0.05, 0.1) is 12.0 Å². The molecule has 1 aliphatic heterocycles. The normalized spacial score (nSPS) is 18.8. The van der Waals surface area contributed by atoms with Crippen LogP contribution in [0.2, 0.25) is 0 Å². The van der Waals surface area contributed by atoms with Gasteiger partial charge in [0.1, 0.15) is 0 Å². The molecule has 1 saturated heterocycles. The molecule has 26 heavy (non-hydrogen) atoms. The van der Waals surface area contributed by atoms with Crippen LogP contribution in [0.5, 0.6) is 0 Å². The molecule has 0 radical (unpaired) electrons. The van der Waals surface area contributed by atoms with Gasteiger partial charge in [-0.2, -0.15) is 5.10 Å². The number of hydrogen-bond acceptors (Lipinski definition) is 4. The largest absolute Gasteiger partial charge is 0.338 e. The van der Waals surface area contributed by atoms with Crippen molar-refractivity contribution in [1.82, 2.24) is 24.2 Å². The number of aromatic nitrogens is 4. The minimum Gasteiger partial charge on any atom is -0.338 e. The van der Waals surface area contributed by atoms with Crippen LogP contribution in [0.1, 0.15) is 42.6 Å². The van der Waals surface area contributed by atoms with E-state index in [1.54, 1.807) is 4.68 Å². The fourth-order valence-electron chi connectivity index (χ4n) is 4.27. The van der Waals surface area contributed by atoms with Crippen LogP contribution in [0.3, 0.4) is 0 Å². The molecule has 6 heteroatoms. The standard InChI is InChI=1S/C20H29N5O/c1-23-15-21-13-18(23)8-11-24-9-6-16(7-10-24)14-25-20(26)12-17-4-2-3-5-19(17)22-25/h12-13,15-16H,2-11,14H2,1H3. The van der Waals surface area contributed by atoms with E-state index in [9.17, 15) is 4.79 Å². The highest BCUT2D eigenvalue weighted by molar-refractivity contribution is 5.20. The van der Waals surface area contributed by atoms with E-state index in [-0.39, 0.29) is 5.56 Å². The molecule has 6 nitrogen and oxygen atoms in total. The van der Waals surface area contributed by atoms with E-state index in [0.29, 0.717) is 5.92 Å². The minimum absolute atomic E-state index is 0.0873. The SMILES string of the molecule is Cn1cncc1CCN1CCC(Cn2nc3c(cc2=O)CCCC3)CC1. The second kappa shape index (κ2) is 7.74. The molecular formula is C20H29N5O. The van der Waals surface area contributed by atoms with Gasteiger partial charge in [0.2, 0.25) is 0 Å². The molecular weight excluding hydrogens is 326 g/mol. The van der Waals surface area contributed by atoms with Gasteiger partial charge in [0.15, 0.2) is 0 Å². The Balaban J connectivity index is 1.30. The number of piperidine rings is 1. The molecule has 2 aromatic heterocycles. The maximum atomic E-state index is 12.4. The molecule has 0 spiro atoms. The van der Waals surface area contributed by atoms with Crippen molar-refractivity contribution in [2.75, 3.05) is 19.6 Å². The summed E-state index contributed by atoms with van der Waals surface area (Å²) in [6.45, 7) is 4.09. The number of aryl methyl sites for hydroxylation is 3. The third kappa shape index (κ3) is 3.90. The van der Waals surface area contributed by atoms with Gasteiger partial charge >= 0.3 is 0 Å². The molecule has 0 N–H and O–H groups in total. The maximum Gasteiger partial charge on any atom is 0.267 e. The number of fused-ring (bicyclic) bond motifs is 1. The van der Waals surface area contributed by atoms with Gasteiger partial charge < -0.3 is 9.47 Å². The monoisotopic (exact) mass is 355 g/mol. The smallest absolute Gasteiger partial charge is 0.267 e. The zero-order valence-corrected chi connectivity index (χ0v) is 15.7. The molecule has 4 rings (SSSR count). The number of hydrogen-bond donors (Lipinski definition) is 0. The second-order valence-corrected chi connectivity index (χ2v) is 7.87. The third-order valence-electron chi connectivity index (χ3n) is 6.01. The summed E-state index contributed by atoms with van der Waals surface area (Å²) in [5.74, 6) is 0.565. The Bertz CT molecular complexity index is 801. The first-order chi connectivity index (χ1) is 12.7. The topological polar surface area (TPSA) is 56.0 Å². The number of imidazole rings is 1. The third-order valence-corrected chi connectivity index (χ3v) is 6.01. The van der Waals surface area contributed by atoms with Crippen LogP contribution >= 0.6 is 0 Å². The highest BCUT2D eigenvalue weighted by atomic mass is 16.1. The van der Waals surface area contributed by atoms with Gasteiger partial charge in [0.25, 0.3) is 5.56 Å². The summed E-state index contributed by atoms with van der Waals surface area (Å²) in [6.07, 6.45) is 11.6. The van der Waals surface area contributed by atoms with Crippen molar-refractivity contribution in [2.24, 2.45) is 13.0 Å². The van der Waals surface area contributed by atoms with E-state index in [0.717, 1.165) is 64.0 Å². The lowest BCUT2D eigenvalue weighted by molar-refractivity contribution is 0.170. The Kier molecular flexibility index (Phi) is 5.20. The summed E-state index contributed by atoms with van der Waals surface area (Å²) in [6, 6.07) is 1.84. The first-order valence-electron chi connectivity index (χ1n) is 9.96. The highest BCUT2D eigenvalue weighted by Crippen LogP contribution is 2.20. The number of rotatable bonds is 5. The van der Waals surface area contributed by atoms with Crippen LogP contribution in [0, 0.1) is 5.92 Å². The molecule has 0 saturated carbocycles. The number of nitrogens with zero attached hydrogens (tertiary/aromatic N) is 5. The zero-order valence-electron chi connectivity index (χ0n) is 15.7. The second-order valence-electron chi connectivity index (χ2n) is 7.87. The van der Waals surface area contributed by atoms with Crippen LogP contribution in [0.25, 0.3) is 0 Å². The summed E-state index contributed by atoms with van der Waals surface area (Å²) >= 11 is 0. The summed E-state index contributed by atoms with van der Waals surface area (Å²) < 4.78 is 3.83. The Morgan fingerprint density at radius 1 is 1.19 bits per heavy atom. The quantitative estimate of drug-likeness (QED) is 0.821. The van der Waals surface area contributed by atoms with E-state index in [1.807, 2.05) is 18.6 Å². The molecule has 0 atom stereocenters. The molecule has 2 aliphatic rings. The summed E-state index contributed by atoms with van der Waals surface area (Å²) in [7, 11) is 2.05. The van der Waals surface area contributed by atoms with Gasteiger partial charge in [-0.3, -0.25) is 4.79 Å². The van der Waals surface area contributed by atoms with Crippen molar-refractivity contribution < 1.29 is 0 Å². The molecule has 1 fully saturated rings. The lowest BCUT2D eigenvalue weighted by Crippen LogP contribution is -2.38. The Morgan fingerprint density at radius 3 is 2.77 bits per heavy atom. The lowest BCUT2D eigenvalue weighted by atomic mass is 9.95. The van der Waals surface area contributed by atoms with E-state index in [1.165, 1.54) is 24.1 Å². The lowest BCUT2D eigenvalue weighted by Gasteiger charge is -2.32. The number of likely N-dealkylation sites (tertiary alicyclic amines) is 1. The molecule has 2 aromatic rings. The highest BCUT2D eigenvalue weighted by Gasteiger charge is 2.21. The van der Waals surface area contributed by atoms with Crippen molar-refractivity contribution in [2.45, 2.75) is 51.5 Å². The van der Waals surface area contributed by atoms with E-state index in [4.69, 9.17) is 0 Å². The van der Waals surface area contributed by atoms with Gasteiger partial charge in [-0.1, -0.05) is 0 Å². The molecule has 0 unspecified atom stereocenters. The average molecular weight is 355 g/mol. The van der Waals surface area contributed by atoms with Gasteiger partial charge in [-0.25, -0.2) is 9.67 Å². The molecule has 3 heterocycles. The van der Waals surface area contributed by atoms with E-state index >= 15 is 0 Å². The Morgan fingerprint density at radius 2 is 2.00 bits per heavy atom.